The van der Waals surface area contributed by atoms with E-state index in [9.17, 15) is 0 Å². The summed E-state index contributed by atoms with van der Waals surface area (Å²) < 4.78 is 0. The molecule has 2 nitrogen and oxygen atoms in total. The normalized spacial score (nSPS) is 8.72. The molecule has 0 saturated carbocycles. The van der Waals surface area contributed by atoms with Crippen molar-refractivity contribution in [2.45, 2.75) is 13.8 Å². The zero-order valence-electron chi connectivity index (χ0n) is 10.7. The van der Waals surface area contributed by atoms with E-state index < -0.39 is 0 Å². The summed E-state index contributed by atoms with van der Waals surface area (Å²) in [6.45, 7) is 7.52. The second-order valence-corrected chi connectivity index (χ2v) is 3.77. The molecule has 0 radical (unpaired) electrons. The molecule has 0 aliphatic carbocycles. The van der Waals surface area contributed by atoms with Gasteiger partial charge in [0, 0.05) is 29.3 Å². The van der Waals surface area contributed by atoms with Gasteiger partial charge in [-0.2, -0.15) is 0 Å². The summed E-state index contributed by atoms with van der Waals surface area (Å²) in [5, 5.41) is 0. The highest BCUT2D eigenvalue weighted by Gasteiger charge is 1.84. The molecule has 0 aliphatic heterocycles. The summed E-state index contributed by atoms with van der Waals surface area (Å²) >= 11 is 0. The molecule has 2 heteroatoms. The summed E-state index contributed by atoms with van der Waals surface area (Å²) in [5.74, 6) is 2.49. The van der Waals surface area contributed by atoms with E-state index in [1.165, 1.54) is 0 Å². The zero-order chi connectivity index (χ0) is 13.4. The van der Waals surface area contributed by atoms with Gasteiger partial charge in [-0.3, -0.25) is 9.97 Å². The van der Waals surface area contributed by atoms with Crippen molar-refractivity contribution >= 4 is 6.08 Å². The predicted octanol–water partition coefficient (Wildman–Crippen LogP) is 3.40. The summed E-state index contributed by atoms with van der Waals surface area (Å²) in [5.41, 5.74) is 3.94. The van der Waals surface area contributed by atoms with E-state index in [-0.39, 0.29) is 0 Å². The molecule has 90 valence electrons. The first-order valence-electron chi connectivity index (χ1n) is 5.60. The van der Waals surface area contributed by atoms with Gasteiger partial charge in [0.05, 0.1) is 0 Å². The van der Waals surface area contributed by atoms with E-state index in [1.807, 2.05) is 44.3 Å². The quantitative estimate of drug-likeness (QED) is 0.709. The molecule has 18 heavy (non-hydrogen) atoms. The Morgan fingerprint density at radius 1 is 1.06 bits per heavy atom. The van der Waals surface area contributed by atoms with Crippen molar-refractivity contribution in [2.24, 2.45) is 0 Å². The molecule has 2 aromatic heterocycles. The maximum atomic E-state index is 5.11. The molecule has 0 bridgehead atoms. The minimum atomic E-state index is 0.834. The SMILES string of the molecule is C#Cc1ccc(C)nc1.C=Cc1ccc(C)nc1. The molecule has 0 unspecified atom stereocenters. The Morgan fingerprint density at radius 2 is 1.67 bits per heavy atom. The summed E-state index contributed by atoms with van der Waals surface area (Å²) in [6.07, 6.45) is 10.4. The molecule has 0 atom stereocenters. The van der Waals surface area contributed by atoms with Crippen molar-refractivity contribution in [1.82, 2.24) is 9.97 Å². The first-order valence-corrected chi connectivity index (χ1v) is 5.60. The van der Waals surface area contributed by atoms with Crippen LogP contribution in [0.1, 0.15) is 22.5 Å². The Balaban J connectivity index is 0.000000180. The van der Waals surface area contributed by atoms with E-state index in [1.54, 1.807) is 12.3 Å². The third kappa shape index (κ3) is 4.63. The fourth-order valence-electron chi connectivity index (χ4n) is 1.15. The van der Waals surface area contributed by atoms with E-state index >= 15 is 0 Å². The van der Waals surface area contributed by atoms with Crippen molar-refractivity contribution in [3.05, 3.63) is 65.8 Å². The van der Waals surface area contributed by atoms with Crippen LogP contribution in [-0.4, -0.2) is 9.97 Å². The van der Waals surface area contributed by atoms with Crippen LogP contribution in [-0.2, 0) is 0 Å². The summed E-state index contributed by atoms with van der Waals surface area (Å²) in [7, 11) is 0. The second kappa shape index (κ2) is 7.03. The topological polar surface area (TPSA) is 25.8 Å². The average Bonchev–Trinajstić information content (AvgIpc) is 2.41. The van der Waals surface area contributed by atoms with E-state index in [4.69, 9.17) is 6.42 Å². The third-order valence-corrected chi connectivity index (χ3v) is 2.25. The van der Waals surface area contributed by atoms with Gasteiger partial charge in [0.1, 0.15) is 0 Å². The second-order valence-electron chi connectivity index (χ2n) is 3.77. The Labute approximate surface area is 108 Å². The van der Waals surface area contributed by atoms with Crippen LogP contribution in [0.2, 0.25) is 0 Å². The smallest absolute Gasteiger partial charge is 0.0427 e. The van der Waals surface area contributed by atoms with Crippen molar-refractivity contribution < 1.29 is 0 Å². The standard InChI is InChI=1S/C8H9N.C8H7N/c2*1-3-8-5-4-7(2)9-6-8/h3-6H,1H2,2H3;1,4-6H,2H3. The molecular formula is C16H16N2. The fraction of sp³-hybridized carbons (Fsp3) is 0.125. The summed E-state index contributed by atoms with van der Waals surface area (Å²) in [4.78, 5) is 8.09. The molecule has 0 saturated heterocycles. The van der Waals surface area contributed by atoms with Gasteiger partial charge in [0.2, 0.25) is 0 Å². The number of rotatable bonds is 1. The zero-order valence-corrected chi connectivity index (χ0v) is 10.7. The van der Waals surface area contributed by atoms with Crippen LogP contribution in [0.25, 0.3) is 6.08 Å². The lowest BCUT2D eigenvalue weighted by atomic mass is 10.2. The van der Waals surface area contributed by atoms with Crippen LogP contribution >= 0.6 is 0 Å². The van der Waals surface area contributed by atoms with Crippen LogP contribution in [0.15, 0.2) is 43.2 Å². The van der Waals surface area contributed by atoms with Gasteiger partial charge in [-0.25, -0.2) is 0 Å². The highest BCUT2D eigenvalue weighted by Crippen LogP contribution is 1.98. The van der Waals surface area contributed by atoms with Gasteiger partial charge in [-0.1, -0.05) is 24.6 Å². The summed E-state index contributed by atoms with van der Waals surface area (Å²) in [6, 6.07) is 7.74. The first-order chi connectivity index (χ1) is 8.65. The molecule has 2 aromatic rings. The van der Waals surface area contributed by atoms with Crippen LogP contribution in [0, 0.1) is 26.2 Å². The lowest BCUT2D eigenvalue weighted by Crippen LogP contribution is -1.79. The van der Waals surface area contributed by atoms with Gasteiger partial charge in [-0.05, 0) is 37.6 Å². The maximum Gasteiger partial charge on any atom is 0.0427 e. The first kappa shape index (κ1) is 13.7. The molecule has 0 N–H and O–H groups in total. The Bertz CT molecular complexity index is 531. The van der Waals surface area contributed by atoms with Gasteiger partial charge in [-0.15, -0.1) is 6.42 Å². The van der Waals surface area contributed by atoms with Crippen LogP contribution in [0.3, 0.4) is 0 Å². The molecule has 0 aliphatic rings. The van der Waals surface area contributed by atoms with Crippen molar-refractivity contribution in [3.63, 3.8) is 0 Å². The molecular weight excluding hydrogens is 220 g/mol. The fourth-order valence-corrected chi connectivity index (χ4v) is 1.15. The van der Waals surface area contributed by atoms with Crippen LogP contribution < -0.4 is 0 Å². The predicted molar refractivity (Wildman–Crippen MR) is 76.0 cm³/mol. The number of nitrogens with zero attached hydrogens (tertiary/aromatic N) is 2. The highest BCUT2D eigenvalue weighted by atomic mass is 14.7. The Hall–Kier alpha value is -2.40. The van der Waals surface area contributed by atoms with Crippen molar-refractivity contribution in [2.75, 3.05) is 0 Å². The number of pyridine rings is 2. The number of aryl methyl sites for hydroxylation is 2. The number of terminal acetylenes is 1. The molecule has 2 heterocycles. The van der Waals surface area contributed by atoms with Gasteiger partial charge in [0.25, 0.3) is 0 Å². The minimum Gasteiger partial charge on any atom is -0.261 e. The molecule has 0 aromatic carbocycles. The van der Waals surface area contributed by atoms with Crippen LogP contribution in [0.5, 0.6) is 0 Å². The van der Waals surface area contributed by atoms with Gasteiger partial charge < -0.3 is 0 Å². The molecule has 2 rings (SSSR count). The molecule has 0 fully saturated rings. The maximum absolute atomic E-state index is 5.11. The lowest BCUT2D eigenvalue weighted by molar-refractivity contribution is 1.19. The number of hydrogen-bond donors (Lipinski definition) is 0. The highest BCUT2D eigenvalue weighted by molar-refractivity contribution is 5.44. The molecule has 0 spiro atoms. The van der Waals surface area contributed by atoms with E-state index in [2.05, 4.69) is 22.5 Å². The monoisotopic (exact) mass is 236 g/mol. The Morgan fingerprint density at radius 3 is 2.06 bits per heavy atom. The molecule has 0 amide bonds. The Kier molecular flexibility index (Phi) is 5.34. The largest absolute Gasteiger partial charge is 0.261 e. The van der Waals surface area contributed by atoms with Crippen LogP contribution in [0.4, 0.5) is 0 Å². The van der Waals surface area contributed by atoms with Crippen molar-refractivity contribution in [3.8, 4) is 12.3 Å². The number of aromatic nitrogens is 2. The van der Waals surface area contributed by atoms with Gasteiger partial charge >= 0.3 is 0 Å². The third-order valence-electron chi connectivity index (χ3n) is 2.25. The van der Waals surface area contributed by atoms with Gasteiger partial charge in [0.15, 0.2) is 0 Å². The number of hydrogen-bond acceptors (Lipinski definition) is 2. The van der Waals surface area contributed by atoms with E-state index in [0.29, 0.717) is 0 Å². The average molecular weight is 236 g/mol. The van der Waals surface area contributed by atoms with E-state index in [0.717, 1.165) is 22.5 Å². The van der Waals surface area contributed by atoms with Crippen molar-refractivity contribution in [1.29, 1.82) is 0 Å². The lowest BCUT2D eigenvalue weighted by Gasteiger charge is -1.90. The minimum absolute atomic E-state index is 0.834.